The Morgan fingerprint density at radius 2 is 1.52 bits per heavy atom. The van der Waals surface area contributed by atoms with Crippen LogP contribution in [0.2, 0.25) is 0 Å². The average Bonchev–Trinajstić information content (AvgIpc) is 2.98. The highest BCUT2D eigenvalue weighted by atomic mass is 16.6. The number of hydrogen-bond donors (Lipinski definition) is 2. The van der Waals surface area contributed by atoms with Crippen LogP contribution in [0.1, 0.15) is 92.1 Å². The van der Waals surface area contributed by atoms with E-state index < -0.39 is 29.3 Å². The molecule has 1 aromatic rings. The first-order valence-electron chi connectivity index (χ1n) is 16.3. The lowest BCUT2D eigenvalue weighted by molar-refractivity contribution is -0.159. The second-order valence-corrected chi connectivity index (χ2v) is 14.2. The van der Waals surface area contributed by atoms with Gasteiger partial charge < -0.3 is 34.6 Å². The van der Waals surface area contributed by atoms with Crippen LogP contribution in [0.4, 0.5) is 9.59 Å². The van der Waals surface area contributed by atoms with Gasteiger partial charge in [-0.3, -0.25) is 9.59 Å². The van der Waals surface area contributed by atoms with Crippen molar-refractivity contribution in [3.05, 3.63) is 35.9 Å². The van der Waals surface area contributed by atoms with Gasteiger partial charge in [0.1, 0.15) is 23.9 Å². The van der Waals surface area contributed by atoms with Crippen molar-refractivity contribution in [3.8, 4) is 0 Å². The predicted octanol–water partition coefficient (Wildman–Crippen LogP) is 4.55. The monoisotopic (exact) mass is 644 g/mol. The van der Waals surface area contributed by atoms with Gasteiger partial charge in [-0.05, 0) is 85.1 Å². The molecule has 2 aliphatic heterocycles. The smallest absolute Gasteiger partial charge is 0.410 e. The number of esters is 1. The highest BCUT2D eigenvalue weighted by molar-refractivity contribution is 5.88. The van der Waals surface area contributed by atoms with E-state index in [2.05, 4.69) is 10.6 Å². The van der Waals surface area contributed by atoms with Crippen LogP contribution in [0, 0.1) is 5.92 Å². The highest BCUT2D eigenvalue weighted by Crippen LogP contribution is 2.24. The van der Waals surface area contributed by atoms with Crippen LogP contribution in [0.3, 0.4) is 0 Å². The fourth-order valence-electron chi connectivity index (χ4n) is 5.46. The molecule has 2 heterocycles. The summed E-state index contributed by atoms with van der Waals surface area (Å²) in [6.07, 6.45) is 2.77. The van der Waals surface area contributed by atoms with Crippen LogP contribution in [0.5, 0.6) is 0 Å². The lowest BCUT2D eigenvalue weighted by Crippen LogP contribution is -2.52. The topological polar surface area (TPSA) is 144 Å². The van der Waals surface area contributed by atoms with Gasteiger partial charge in [0.25, 0.3) is 0 Å². The van der Waals surface area contributed by atoms with Crippen LogP contribution in [-0.2, 0) is 35.2 Å². The molecular formula is C34H52N4O8. The van der Waals surface area contributed by atoms with E-state index in [9.17, 15) is 24.0 Å². The molecule has 0 spiro atoms. The molecule has 0 aromatic heterocycles. The number of carbonyl (C=O) groups is 5. The van der Waals surface area contributed by atoms with E-state index in [1.165, 1.54) is 0 Å². The number of alkyl carbamates (subject to hydrolysis) is 1. The van der Waals surface area contributed by atoms with Gasteiger partial charge in [0, 0.05) is 38.6 Å². The Morgan fingerprint density at radius 1 is 0.870 bits per heavy atom. The maximum Gasteiger partial charge on any atom is 0.410 e. The molecule has 2 saturated heterocycles. The number of rotatable bonds is 10. The Kier molecular flexibility index (Phi) is 13.3. The third kappa shape index (κ3) is 13.3. The molecule has 2 atom stereocenters. The summed E-state index contributed by atoms with van der Waals surface area (Å²) in [5.74, 6) is -0.764. The normalized spacial score (nSPS) is 18.3. The number of hydrogen-bond acceptors (Lipinski definition) is 8. The molecule has 4 amide bonds. The summed E-state index contributed by atoms with van der Waals surface area (Å²) in [7, 11) is 0. The summed E-state index contributed by atoms with van der Waals surface area (Å²) in [6, 6.07) is 7.69. The number of carbonyl (C=O) groups excluding carboxylic acids is 5. The van der Waals surface area contributed by atoms with E-state index in [1.54, 1.807) is 30.6 Å². The maximum atomic E-state index is 13.3. The van der Waals surface area contributed by atoms with Crippen LogP contribution >= 0.6 is 0 Å². The molecule has 12 nitrogen and oxygen atoms in total. The van der Waals surface area contributed by atoms with E-state index in [0.717, 1.165) is 31.2 Å². The van der Waals surface area contributed by atoms with Gasteiger partial charge in [-0.2, -0.15) is 0 Å². The van der Waals surface area contributed by atoms with Crippen LogP contribution < -0.4 is 10.6 Å². The number of nitrogens with zero attached hydrogens (tertiary/aromatic N) is 2. The van der Waals surface area contributed by atoms with Crippen molar-refractivity contribution in [2.75, 3.05) is 26.2 Å². The Bertz CT molecular complexity index is 1190. The molecule has 256 valence electrons. The van der Waals surface area contributed by atoms with Crippen LogP contribution in [-0.4, -0.2) is 89.2 Å². The second-order valence-electron chi connectivity index (χ2n) is 14.2. The van der Waals surface area contributed by atoms with Crippen molar-refractivity contribution in [1.29, 1.82) is 0 Å². The van der Waals surface area contributed by atoms with Crippen molar-refractivity contribution < 1.29 is 38.2 Å². The standard InChI is InChI=1S/C34H52N4O8/c1-33(2,3)45-30(41)27(36-31(42)44-23-25-11-8-7-9-12-25)21-29(40)38-18-10-13-26(22-38)35-28(39)15-14-24-16-19-37(20-17-24)32(43)46-34(4,5)6/h7-9,11-12,24,26-27H,10,13-23H2,1-6H3,(H,35,39)(H,36,42)/t26?,27-/m0/s1. The summed E-state index contributed by atoms with van der Waals surface area (Å²) < 4.78 is 16.2. The van der Waals surface area contributed by atoms with Crippen molar-refractivity contribution in [2.45, 2.75) is 116 Å². The largest absolute Gasteiger partial charge is 0.458 e. The lowest BCUT2D eigenvalue weighted by Gasteiger charge is -2.35. The van der Waals surface area contributed by atoms with Gasteiger partial charge in [0.05, 0.1) is 6.42 Å². The molecule has 0 aliphatic carbocycles. The van der Waals surface area contributed by atoms with Gasteiger partial charge in [-0.1, -0.05) is 30.3 Å². The summed E-state index contributed by atoms with van der Waals surface area (Å²) in [6.45, 7) is 12.7. The fourth-order valence-corrected chi connectivity index (χ4v) is 5.46. The second kappa shape index (κ2) is 16.6. The molecular weight excluding hydrogens is 592 g/mol. The molecule has 46 heavy (non-hydrogen) atoms. The number of ether oxygens (including phenoxy) is 3. The summed E-state index contributed by atoms with van der Waals surface area (Å²) in [4.78, 5) is 67.3. The minimum atomic E-state index is -1.23. The molecule has 2 N–H and O–H groups in total. The van der Waals surface area contributed by atoms with E-state index in [4.69, 9.17) is 14.2 Å². The molecule has 1 unspecified atom stereocenters. The third-order valence-corrected chi connectivity index (χ3v) is 7.76. The van der Waals surface area contributed by atoms with Crippen molar-refractivity contribution in [2.24, 2.45) is 5.92 Å². The molecule has 0 saturated carbocycles. The number of benzene rings is 1. The van der Waals surface area contributed by atoms with Gasteiger partial charge >= 0.3 is 18.2 Å². The molecule has 2 fully saturated rings. The Morgan fingerprint density at radius 3 is 2.15 bits per heavy atom. The fraction of sp³-hybridized carbons (Fsp3) is 0.676. The summed E-state index contributed by atoms with van der Waals surface area (Å²) >= 11 is 0. The van der Waals surface area contributed by atoms with E-state index >= 15 is 0 Å². The zero-order valence-corrected chi connectivity index (χ0v) is 28.3. The van der Waals surface area contributed by atoms with Gasteiger partial charge in [0.15, 0.2) is 0 Å². The summed E-state index contributed by atoms with van der Waals surface area (Å²) in [5, 5.41) is 5.58. The highest BCUT2D eigenvalue weighted by Gasteiger charge is 2.33. The average molecular weight is 645 g/mol. The Hall–Kier alpha value is -3.83. The van der Waals surface area contributed by atoms with Gasteiger partial charge in [0.2, 0.25) is 11.8 Å². The van der Waals surface area contributed by atoms with Crippen LogP contribution in [0.15, 0.2) is 30.3 Å². The molecule has 0 bridgehead atoms. The van der Waals surface area contributed by atoms with Crippen LogP contribution in [0.25, 0.3) is 0 Å². The maximum absolute atomic E-state index is 13.3. The Labute approximate surface area is 272 Å². The molecule has 2 aliphatic rings. The van der Waals surface area contributed by atoms with Gasteiger partial charge in [-0.15, -0.1) is 0 Å². The van der Waals surface area contributed by atoms with Crippen molar-refractivity contribution in [1.82, 2.24) is 20.4 Å². The van der Waals surface area contributed by atoms with Gasteiger partial charge in [-0.25, -0.2) is 14.4 Å². The Balaban J connectivity index is 1.46. The predicted molar refractivity (Wildman–Crippen MR) is 172 cm³/mol. The minimum absolute atomic E-state index is 0.0143. The molecule has 3 rings (SSSR count). The number of amides is 4. The van der Waals surface area contributed by atoms with Crippen molar-refractivity contribution in [3.63, 3.8) is 0 Å². The first-order chi connectivity index (χ1) is 21.6. The summed E-state index contributed by atoms with van der Waals surface area (Å²) in [5.41, 5.74) is -0.560. The van der Waals surface area contributed by atoms with E-state index in [1.807, 2.05) is 51.1 Å². The molecule has 12 heteroatoms. The van der Waals surface area contributed by atoms with E-state index in [0.29, 0.717) is 44.9 Å². The molecule has 1 aromatic carbocycles. The number of piperidine rings is 2. The first kappa shape index (κ1) is 36.6. The quantitative estimate of drug-likeness (QED) is 0.279. The lowest BCUT2D eigenvalue weighted by atomic mass is 9.92. The third-order valence-electron chi connectivity index (χ3n) is 7.76. The zero-order chi connectivity index (χ0) is 33.9. The zero-order valence-electron chi connectivity index (χ0n) is 28.3. The number of likely N-dealkylation sites (tertiary alicyclic amines) is 2. The SMILES string of the molecule is CC(C)(C)OC(=O)[C@H](CC(=O)N1CCCC(NC(=O)CCC2CCN(C(=O)OC(C)(C)C)CC2)C1)NC(=O)OCc1ccccc1. The van der Waals surface area contributed by atoms with E-state index in [-0.39, 0.29) is 37.0 Å². The van der Waals surface area contributed by atoms with Crippen molar-refractivity contribution >= 4 is 30.0 Å². The number of nitrogens with one attached hydrogen (secondary N) is 2. The first-order valence-corrected chi connectivity index (χ1v) is 16.3. The molecule has 0 radical (unpaired) electrons. The minimum Gasteiger partial charge on any atom is -0.458 e.